The summed E-state index contributed by atoms with van der Waals surface area (Å²) in [5, 5.41) is 3.09. The summed E-state index contributed by atoms with van der Waals surface area (Å²) < 4.78 is 30.1. The standard InChI is InChI=1S/C14H14BrF2N3O/c1-8-6-18-9(2)13(20-8)19-7-10-5-11(15)3-4-12(10)21-14(16)17/h3-6,14H,7H2,1-2H3,(H,19,20). The fourth-order valence-corrected chi connectivity index (χ4v) is 2.19. The van der Waals surface area contributed by atoms with Crippen molar-refractivity contribution in [1.29, 1.82) is 0 Å². The predicted octanol–water partition coefficient (Wildman–Crippen LogP) is 4.07. The first-order chi connectivity index (χ1) is 9.95. The molecule has 0 aliphatic carbocycles. The van der Waals surface area contributed by atoms with Gasteiger partial charge in [0.1, 0.15) is 11.6 Å². The zero-order valence-electron chi connectivity index (χ0n) is 11.5. The van der Waals surface area contributed by atoms with Crippen molar-refractivity contribution in [3.63, 3.8) is 0 Å². The summed E-state index contributed by atoms with van der Waals surface area (Å²) in [6, 6.07) is 4.88. The lowest BCUT2D eigenvalue weighted by molar-refractivity contribution is -0.0504. The van der Waals surface area contributed by atoms with Crippen molar-refractivity contribution in [3.8, 4) is 5.75 Å². The maximum atomic E-state index is 12.4. The molecule has 0 saturated heterocycles. The summed E-state index contributed by atoms with van der Waals surface area (Å²) in [6.45, 7) is 1.11. The highest BCUT2D eigenvalue weighted by atomic mass is 79.9. The van der Waals surface area contributed by atoms with Gasteiger partial charge in [-0.25, -0.2) is 4.98 Å². The van der Waals surface area contributed by atoms with Crippen LogP contribution in [0.4, 0.5) is 14.6 Å². The van der Waals surface area contributed by atoms with Crippen molar-refractivity contribution in [1.82, 2.24) is 9.97 Å². The number of rotatable bonds is 5. The minimum Gasteiger partial charge on any atom is -0.434 e. The maximum Gasteiger partial charge on any atom is 0.387 e. The van der Waals surface area contributed by atoms with Gasteiger partial charge < -0.3 is 10.1 Å². The van der Waals surface area contributed by atoms with E-state index >= 15 is 0 Å². The maximum absolute atomic E-state index is 12.4. The third kappa shape index (κ3) is 4.35. The van der Waals surface area contributed by atoms with Gasteiger partial charge in [0.15, 0.2) is 0 Å². The summed E-state index contributed by atoms with van der Waals surface area (Å²) in [5.41, 5.74) is 2.13. The Morgan fingerprint density at radius 1 is 1.33 bits per heavy atom. The number of benzene rings is 1. The van der Waals surface area contributed by atoms with E-state index in [0.717, 1.165) is 15.9 Å². The fourth-order valence-electron chi connectivity index (χ4n) is 1.78. The molecule has 2 rings (SSSR count). The number of alkyl halides is 2. The summed E-state index contributed by atoms with van der Waals surface area (Å²) in [7, 11) is 0. The molecule has 7 heteroatoms. The SMILES string of the molecule is Cc1cnc(C)c(NCc2cc(Br)ccc2OC(F)F)n1. The number of aryl methyl sites for hydroxylation is 2. The molecule has 21 heavy (non-hydrogen) atoms. The first-order valence-electron chi connectivity index (χ1n) is 6.23. The summed E-state index contributed by atoms with van der Waals surface area (Å²) in [4.78, 5) is 8.52. The number of nitrogens with zero attached hydrogens (tertiary/aromatic N) is 2. The van der Waals surface area contributed by atoms with Crippen molar-refractivity contribution in [2.45, 2.75) is 27.0 Å². The van der Waals surface area contributed by atoms with E-state index in [-0.39, 0.29) is 5.75 Å². The Balaban J connectivity index is 2.18. The van der Waals surface area contributed by atoms with Gasteiger partial charge in [-0.05, 0) is 32.0 Å². The topological polar surface area (TPSA) is 47.0 Å². The lowest BCUT2D eigenvalue weighted by Gasteiger charge is -2.13. The number of ether oxygens (including phenoxy) is 1. The summed E-state index contributed by atoms with van der Waals surface area (Å²) >= 11 is 3.32. The lowest BCUT2D eigenvalue weighted by Crippen LogP contribution is -2.09. The zero-order chi connectivity index (χ0) is 15.4. The number of anilines is 1. The van der Waals surface area contributed by atoms with Gasteiger partial charge in [-0.3, -0.25) is 4.98 Å². The third-order valence-electron chi connectivity index (χ3n) is 2.76. The molecule has 0 atom stereocenters. The molecule has 4 nitrogen and oxygen atoms in total. The van der Waals surface area contributed by atoms with Gasteiger partial charge in [-0.1, -0.05) is 15.9 Å². The van der Waals surface area contributed by atoms with E-state index in [2.05, 4.69) is 36.0 Å². The second kappa shape index (κ2) is 6.80. The molecule has 1 aromatic heterocycles. The van der Waals surface area contributed by atoms with Crippen LogP contribution in [-0.2, 0) is 6.54 Å². The number of hydrogen-bond donors (Lipinski definition) is 1. The van der Waals surface area contributed by atoms with Crippen LogP contribution >= 0.6 is 15.9 Å². The molecule has 0 amide bonds. The largest absolute Gasteiger partial charge is 0.434 e. The molecule has 1 aromatic carbocycles. The van der Waals surface area contributed by atoms with Gasteiger partial charge in [0.2, 0.25) is 0 Å². The smallest absolute Gasteiger partial charge is 0.387 e. The van der Waals surface area contributed by atoms with Gasteiger partial charge >= 0.3 is 6.61 Å². The minimum atomic E-state index is -2.86. The van der Waals surface area contributed by atoms with Gasteiger partial charge in [0.05, 0.1) is 11.4 Å². The Hall–Kier alpha value is -1.76. The van der Waals surface area contributed by atoms with Gasteiger partial charge in [0.25, 0.3) is 0 Å². The van der Waals surface area contributed by atoms with Crippen LogP contribution in [0.15, 0.2) is 28.9 Å². The molecule has 0 aliphatic rings. The average Bonchev–Trinajstić information content (AvgIpc) is 2.42. The second-order valence-corrected chi connectivity index (χ2v) is 5.35. The van der Waals surface area contributed by atoms with E-state index in [1.165, 1.54) is 6.07 Å². The normalized spacial score (nSPS) is 10.8. The van der Waals surface area contributed by atoms with Crippen LogP contribution < -0.4 is 10.1 Å². The third-order valence-corrected chi connectivity index (χ3v) is 3.25. The minimum absolute atomic E-state index is 0.138. The van der Waals surface area contributed by atoms with Crippen molar-refractivity contribution in [2.75, 3.05) is 5.32 Å². The molecule has 0 radical (unpaired) electrons. The summed E-state index contributed by atoms with van der Waals surface area (Å²) in [6.07, 6.45) is 1.67. The monoisotopic (exact) mass is 357 g/mol. The van der Waals surface area contributed by atoms with Crippen LogP contribution in [-0.4, -0.2) is 16.6 Å². The molecular weight excluding hydrogens is 344 g/mol. The van der Waals surface area contributed by atoms with E-state index in [1.54, 1.807) is 18.3 Å². The number of aromatic nitrogens is 2. The second-order valence-electron chi connectivity index (χ2n) is 4.43. The molecular formula is C14H14BrF2N3O. The molecule has 112 valence electrons. The van der Waals surface area contributed by atoms with E-state index in [0.29, 0.717) is 17.9 Å². The van der Waals surface area contributed by atoms with Crippen molar-refractivity contribution in [3.05, 3.63) is 45.8 Å². The van der Waals surface area contributed by atoms with Crippen LogP contribution in [0.25, 0.3) is 0 Å². The molecule has 2 aromatic rings. The van der Waals surface area contributed by atoms with Crippen LogP contribution in [0.5, 0.6) is 5.75 Å². The van der Waals surface area contributed by atoms with Gasteiger partial charge in [-0.2, -0.15) is 8.78 Å². The molecule has 1 heterocycles. The first-order valence-corrected chi connectivity index (χ1v) is 7.02. The predicted molar refractivity (Wildman–Crippen MR) is 79.6 cm³/mol. The lowest BCUT2D eigenvalue weighted by atomic mass is 10.2. The molecule has 1 N–H and O–H groups in total. The highest BCUT2D eigenvalue weighted by molar-refractivity contribution is 9.10. The van der Waals surface area contributed by atoms with E-state index in [9.17, 15) is 8.78 Å². The fraction of sp³-hybridized carbons (Fsp3) is 0.286. The quantitative estimate of drug-likeness (QED) is 0.875. The molecule has 0 bridgehead atoms. The average molecular weight is 358 g/mol. The molecule has 0 aliphatic heterocycles. The van der Waals surface area contributed by atoms with Crippen molar-refractivity contribution in [2.24, 2.45) is 0 Å². The van der Waals surface area contributed by atoms with Crippen LogP contribution in [0.1, 0.15) is 17.0 Å². The Morgan fingerprint density at radius 2 is 2.10 bits per heavy atom. The highest BCUT2D eigenvalue weighted by Crippen LogP contribution is 2.25. The summed E-state index contributed by atoms with van der Waals surface area (Å²) in [5.74, 6) is 0.761. The molecule has 0 fully saturated rings. The molecule has 0 unspecified atom stereocenters. The van der Waals surface area contributed by atoms with E-state index in [1.807, 2.05) is 13.8 Å². The van der Waals surface area contributed by atoms with E-state index in [4.69, 9.17) is 0 Å². The van der Waals surface area contributed by atoms with Crippen molar-refractivity contribution < 1.29 is 13.5 Å². The number of nitrogens with one attached hydrogen (secondary N) is 1. The Bertz CT molecular complexity index is 638. The zero-order valence-corrected chi connectivity index (χ0v) is 13.1. The van der Waals surface area contributed by atoms with Crippen LogP contribution in [0.2, 0.25) is 0 Å². The van der Waals surface area contributed by atoms with Crippen molar-refractivity contribution >= 4 is 21.7 Å². The Labute approximate surface area is 129 Å². The van der Waals surface area contributed by atoms with Crippen LogP contribution in [0, 0.1) is 13.8 Å². The van der Waals surface area contributed by atoms with Crippen LogP contribution in [0.3, 0.4) is 0 Å². The number of halogens is 3. The number of hydrogen-bond acceptors (Lipinski definition) is 4. The first kappa shape index (κ1) is 15.6. The Kier molecular flexibility index (Phi) is 5.06. The van der Waals surface area contributed by atoms with E-state index < -0.39 is 6.61 Å². The Morgan fingerprint density at radius 3 is 2.81 bits per heavy atom. The molecule has 0 spiro atoms. The van der Waals surface area contributed by atoms with Gasteiger partial charge in [0, 0.05) is 22.8 Å². The highest BCUT2D eigenvalue weighted by Gasteiger charge is 2.11. The molecule has 0 saturated carbocycles. The van der Waals surface area contributed by atoms with Gasteiger partial charge in [-0.15, -0.1) is 0 Å².